The summed E-state index contributed by atoms with van der Waals surface area (Å²) in [6, 6.07) is 2.54. The van der Waals surface area contributed by atoms with Gasteiger partial charge in [0.1, 0.15) is 5.75 Å². The summed E-state index contributed by atoms with van der Waals surface area (Å²) in [7, 11) is 1.82. The summed E-state index contributed by atoms with van der Waals surface area (Å²) in [6.07, 6.45) is 0.971. The number of aliphatic hydroxyl groups is 1. The molecule has 1 saturated heterocycles. The molecule has 1 aromatic rings. The van der Waals surface area contributed by atoms with Crippen molar-refractivity contribution in [2.75, 3.05) is 19.1 Å². The molecule has 0 aromatic heterocycles. The molecule has 0 spiro atoms. The van der Waals surface area contributed by atoms with E-state index in [1.807, 2.05) is 0 Å². The summed E-state index contributed by atoms with van der Waals surface area (Å²) >= 11 is 0. The third kappa shape index (κ3) is 3.00. The summed E-state index contributed by atoms with van der Waals surface area (Å²) in [6.45, 7) is 0. The number of halogens is 3. The molecule has 0 bridgehead atoms. The first kappa shape index (κ1) is 20.6. The SMILES string of the molecule is COC(=O)[C@@](O)(c1ccc(N2C(=O)[C@H]3C=CC=C[C@H]3C2=O)c(OC)c1)C(F)(F)F. The zero-order chi connectivity index (χ0) is 21.6. The van der Waals surface area contributed by atoms with Gasteiger partial charge >= 0.3 is 12.1 Å². The molecule has 29 heavy (non-hydrogen) atoms. The van der Waals surface area contributed by atoms with Crippen LogP contribution in [0.3, 0.4) is 0 Å². The van der Waals surface area contributed by atoms with Crippen molar-refractivity contribution in [1.82, 2.24) is 0 Å². The second-order valence-electron chi connectivity index (χ2n) is 6.42. The highest BCUT2D eigenvalue weighted by Crippen LogP contribution is 2.44. The van der Waals surface area contributed by atoms with Crippen molar-refractivity contribution < 1.29 is 42.1 Å². The van der Waals surface area contributed by atoms with E-state index in [1.165, 1.54) is 0 Å². The normalized spacial score (nSPS) is 23.0. The van der Waals surface area contributed by atoms with Gasteiger partial charge in [0.15, 0.2) is 0 Å². The lowest BCUT2D eigenvalue weighted by Gasteiger charge is -2.29. The van der Waals surface area contributed by atoms with E-state index >= 15 is 0 Å². The van der Waals surface area contributed by atoms with Crippen molar-refractivity contribution in [3.8, 4) is 5.75 Å². The molecule has 0 unspecified atom stereocenters. The van der Waals surface area contributed by atoms with Crippen molar-refractivity contribution in [3.05, 3.63) is 48.1 Å². The standard InChI is InChI=1S/C19H16F3NO6/c1-28-14-9-10(18(27,17(26)29-2)19(20,21)22)7-8-13(14)23-15(24)11-5-3-4-6-12(11)16(23)25/h3-9,11-12,27H,1-2H3/t11-,12+,18-/m0/s1. The Balaban J connectivity index is 2.10. The minimum absolute atomic E-state index is 0.100. The summed E-state index contributed by atoms with van der Waals surface area (Å²) in [5, 5.41) is 10.1. The number of hydrogen-bond acceptors (Lipinski definition) is 6. The molecule has 1 fully saturated rings. The lowest BCUT2D eigenvalue weighted by molar-refractivity contribution is -0.266. The third-order valence-electron chi connectivity index (χ3n) is 4.88. The molecule has 3 rings (SSSR count). The number of ether oxygens (including phenoxy) is 2. The molecule has 0 radical (unpaired) electrons. The highest BCUT2D eigenvalue weighted by atomic mass is 19.4. The fourth-order valence-corrected chi connectivity index (χ4v) is 3.36. The highest BCUT2D eigenvalue weighted by Gasteiger charge is 2.62. The summed E-state index contributed by atoms with van der Waals surface area (Å²) in [5.41, 5.74) is -4.93. The molecular formula is C19H16F3NO6. The average Bonchev–Trinajstić information content (AvgIpc) is 2.96. The maximum atomic E-state index is 13.5. The Morgan fingerprint density at radius 1 is 1.07 bits per heavy atom. The Hall–Kier alpha value is -3.14. The van der Waals surface area contributed by atoms with Gasteiger partial charge in [0, 0.05) is 5.56 Å². The van der Waals surface area contributed by atoms with Gasteiger partial charge in [-0.15, -0.1) is 0 Å². The number of fused-ring (bicyclic) bond motifs is 1. The van der Waals surface area contributed by atoms with E-state index in [0.717, 1.165) is 30.2 Å². The number of carbonyl (C=O) groups is 3. The molecule has 1 aliphatic heterocycles. The summed E-state index contributed by atoms with van der Waals surface area (Å²) in [5.74, 6) is -4.81. The number of methoxy groups -OCH3 is 2. The number of rotatable bonds is 4. The van der Waals surface area contributed by atoms with Gasteiger partial charge in [0.05, 0.1) is 31.7 Å². The second kappa shape index (κ2) is 7.03. The molecule has 1 heterocycles. The number of esters is 1. The van der Waals surface area contributed by atoms with Crippen LogP contribution in [0.4, 0.5) is 18.9 Å². The minimum Gasteiger partial charge on any atom is -0.495 e. The van der Waals surface area contributed by atoms with Crippen LogP contribution < -0.4 is 9.64 Å². The van der Waals surface area contributed by atoms with E-state index < -0.39 is 47.0 Å². The van der Waals surface area contributed by atoms with Crippen molar-refractivity contribution in [3.63, 3.8) is 0 Å². The van der Waals surface area contributed by atoms with E-state index in [9.17, 15) is 32.7 Å². The largest absolute Gasteiger partial charge is 0.495 e. The Bertz CT molecular complexity index is 908. The molecule has 7 nitrogen and oxygen atoms in total. The number of carbonyl (C=O) groups excluding carboxylic acids is 3. The predicted molar refractivity (Wildman–Crippen MR) is 92.7 cm³/mol. The zero-order valence-corrected chi connectivity index (χ0v) is 15.3. The van der Waals surface area contributed by atoms with Crippen molar-refractivity contribution in [2.24, 2.45) is 11.8 Å². The van der Waals surface area contributed by atoms with Crippen LogP contribution in [0.1, 0.15) is 5.56 Å². The number of alkyl halides is 3. The van der Waals surface area contributed by atoms with Gasteiger partial charge in [-0.25, -0.2) is 9.69 Å². The van der Waals surface area contributed by atoms with Gasteiger partial charge in [-0.05, 0) is 12.1 Å². The molecule has 2 amide bonds. The average molecular weight is 411 g/mol. The number of benzene rings is 1. The molecule has 1 N–H and O–H groups in total. The van der Waals surface area contributed by atoms with Gasteiger partial charge in [0.2, 0.25) is 11.8 Å². The lowest BCUT2D eigenvalue weighted by atomic mass is 9.91. The number of imide groups is 1. The van der Waals surface area contributed by atoms with Gasteiger partial charge in [0.25, 0.3) is 5.60 Å². The Labute approximate surface area is 163 Å². The smallest absolute Gasteiger partial charge is 0.432 e. The first-order chi connectivity index (χ1) is 13.6. The second-order valence-corrected chi connectivity index (χ2v) is 6.42. The lowest BCUT2D eigenvalue weighted by Crippen LogP contribution is -2.49. The van der Waals surface area contributed by atoms with Crippen LogP contribution in [0.2, 0.25) is 0 Å². The topological polar surface area (TPSA) is 93.1 Å². The molecule has 1 aromatic carbocycles. The zero-order valence-electron chi connectivity index (χ0n) is 15.3. The third-order valence-corrected chi connectivity index (χ3v) is 4.88. The number of nitrogens with zero attached hydrogens (tertiary/aromatic N) is 1. The van der Waals surface area contributed by atoms with Crippen LogP contribution in [-0.4, -0.2) is 43.3 Å². The maximum Gasteiger partial charge on any atom is 0.432 e. The van der Waals surface area contributed by atoms with E-state index in [-0.39, 0.29) is 11.4 Å². The van der Waals surface area contributed by atoms with E-state index in [0.29, 0.717) is 7.11 Å². The molecular weight excluding hydrogens is 395 g/mol. The van der Waals surface area contributed by atoms with Gasteiger partial charge in [-0.2, -0.15) is 13.2 Å². The molecule has 10 heteroatoms. The van der Waals surface area contributed by atoms with Crippen LogP contribution in [0.15, 0.2) is 42.5 Å². The van der Waals surface area contributed by atoms with E-state index in [2.05, 4.69) is 4.74 Å². The number of allylic oxidation sites excluding steroid dienone is 2. The number of amides is 2. The fraction of sp³-hybridized carbons (Fsp3) is 0.316. The van der Waals surface area contributed by atoms with Crippen molar-refractivity contribution in [1.29, 1.82) is 0 Å². The van der Waals surface area contributed by atoms with Crippen LogP contribution in [0.25, 0.3) is 0 Å². The molecule has 154 valence electrons. The van der Waals surface area contributed by atoms with E-state index in [1.54, 1.807) is 24.3 Å². The van der Waals surface area contributed by atoms with Crippen LogP contribution >= 0.6 is 0 Å². The van der Waals surface area contributed by atoms with Crippen LogP contribution in [0, 0.1) is 11.8 Å². The first-order valence-electron chi connectivity index (χ1n) is 8.36. The minimum atomic E-state index is -5.39. The molecule has 1 aliphatic carbocycles. The first-order valence-corrected chi connectivity index (χ1v) is 8.36. The summed E-state index contributed by atoms with van der Waals surface area (Å²) in [4.78, 5) is 37.9. The van der Waals surface area contributed by atoms with Gasteiger partial charge in [-0.3, -0.25) is 9.59 Å². The highest BCUT2D eigenvalue weighted by molar-refractivity contribution is 6.24. The van der Waals surface area contributed by atoms with Crippen molar-refractivity contribution in [2.45, 2.75) is 11.8 Å². The summed E-state index contributed by atoms with van der Waals surface area (Å²) < 4.78 is 49.6. The molecule has 3 atom stereocenters. The monoisotopic (exact) mass is 411 g/mol. The van der Waals surface area contributed by atoms with Gasteiger partial charge in [-0.1, -0.05) is 30.4 Å². The molecule has 2 aliphatic rings. The maximum absolute atomic E-state index is 13.5. The fourth-order valence-electron chi connectivity index (χ4n) is 3.36. The van der Waals surface area contributed by atoms with Crippen molar-refractivity contribution >= 4 is 23.5 Å². The molecule has 0 saturated carbocycles. The Morgan fingerprint density at radius 2 is 1.62 bits per heavy atom. The predicted octanol–water partition coefficient (Wildman–Crippen LogP) is 1.85. The Morgan fingerprint density at radius 3 is 2.07 bits per heavy atom. The van der Waals surface area contributed by atoms with Gasteiger partial charge < -0.3 is 14.6 Å². The number of anilines is 1. The van der Waals surface area contributed by atoms with Crippen LogP contribution in [-0.2, 0) is 24.7 Å². The van der Waals surface area contributed by atoms with Crippen LogP contribution in [0.5, 0.6) is 5.75 Å². The Kier molecular flexibility index (Phi) is 4.99. The quantitative estimate of drug-likeness (QED) is 0.601. The van der Waals surface area contributed by atoms with E-state index in [4.69, 9.17) is 4.74 Å². The number of hydrogen-bond donors (Lipinski definition) is 1.